The number of hydrogen-bond donors (Lipinski definition) is 0. The summed E-state index contributed by atoms with van der Waals surface area (Å²) in [6, 6.07) is 1.98. The SMILES string of the molecule is C#CCCc1ccn(C)n1. The van der Waals surface area contributed by atoms with Gasteiger partial charge in [0.25, 0.3) is 0 Å². The van der Waals surface area contributed by atoms with Gasteiger partial charge in [-0.05, 0) is 6.07 Å². The van der Waals surface area contributed by atoms with Crippen LogP contribution in [0.25, 0.3) is 0 Å². The van der Waals surface area contributed by atoms with Gasteiger partial charge < -0.3 is 0 Å². The highest BCUT2D eigenvalue weighted by Crippen LogP contribution is 1.96. The highest BCUT2D eigenvalue weighted by atomic mass is 15.2. The van der Waals surface area contributed by atoms with Gasteiger partial charge in [-0.15, -0.1) is 12.3 Å². The van der Waals surface area contributed by atoms with E-state index < -0.39 is 0 Å². The van der Waals surface area contributed by atoms with E-state index in [1.165, 1.54) is 0 Å². The highest BCUT2D eigenvalue weighted by Gasteiger charge is 1.92. The summed E-state index contributed by atoms with van der Waals surface area (Å²) in [7, 11) is 1.90. The summed E-state index contributed by atoms with van der Waals surface area (Å²) >= 11 is 0. The molecule has 10 heavy (non-hydrogen) atoms. The summed E-state index contributed by atoms with van der Waals surface area (Å²) in [4.78, 5) is 0. The number of aryl methyl sites for hydroxylation is 2. The summed E-state index contributed by atoms with van der Waals surface area (Å²) in [6.45, 7) is 0. The van der Waals surface area contributed by atoms with Crippen molar-refractivity contribution in [3.63, 3.8) is 0 Å². The molecule has 0 saturated heterocycles. The summed E-state index contributed by atoms with van der Waals surface area (Å²) in [5.41, 5.74) is 1.07. The first-order valence-electron chi connectivity index (χ1n) is 3.25. The van der Waals surface area contributed by atoms with E-state index in [0.717, 1.165) is 18.5 Å². The molecule has 0 radical (unpaired) electrons. The molecule has 0 unspecified atom stereocenters. The van der Waals surface area contributed by atoms with Gasteiger partial charge in [0.05, 0.1) is 5.69 Å². The zero-order chi connectivity index (χ0) is 7.40. The lowest BCUT2D eigenvalue weighted by Gasteiger charge is -1.87. The maximum atomic E-state index is 5.10. The third kappa shape index (κ3) is 1.63. The molecule has 1 aromatic heterocycles. The molecule has 0 aromatic carbocycles. The van der Waals surface area contributed by atoms with Gasteiger partial charge in [0.1, 0.15) is 0 Å². The van der Waals surface area contributed by atoms with Crippen LogP contribution in [0.2, 0.25) is 0 Å². The van der Waals surface area contributed by atoms with Crippen molar-refractivity contribution in [1.82, 2.24) is 9.78 Å². The molecule has 2 nitrogen and oxygen atoms in total. The Kier molecular flexibility index (Phi) is 2.11. The summed E-state index contributed by atoms with van der Waals surface area (Å²) < 4.78 is 1.78. The van der Waals surface area contributed by atoms with E-state index in [2.05, 4.69) is 11.0 Å². The molecule has 1 rings (SSSR count). The predicted octanol–water partition coefficient (Wildman–Crippen LogP) is 0.986. The van der Waals surface area contributed by atoms with Crippen molar-refractivity contribution in [2.45, 2.75) is 12.8 Å². The van der Waals surface area contributed by atoms with E-state index in [1.54, 1.807) is 4.68 Å². The lowest BCUT2D eigenvalue weighted by Crippen LogP contribution is -1.90. The lowest BCUT2D eigenvalue weighted by atomic mass is 10.2. The molecule has 0 aliphatic heterocycles. The number of hydrogen-bond acceptors (Lipinski definition) is 1. The Balaban J connectivity index is 2.52. The second-order valence-electron chi connectivity index (χ2n) is 2.18. The molecule has 0 fully saturated rings. The fraction of sp³-hybridized carbons (Fsp3) is 0.375. The Morgan fingerprint density at radius 1 is 1.80 bits per heavy atom. The highest BCUT2D eigenvalue weighted by molar-refractivity contribution is 5.01. The Labute approximate surface area is 60.9 Å². The topological polar surface area (TPSA) is 17.8 Å². The van der Waals surface area contributed by atoms with Crippen molar-refractivity contribution in [2.24, 2.45) is 7.05 Å². The van der Waals surface area contributed by atoms with Crippen molar-refractivity contribution >= 4 is 0 Å². The van der Waals surface area contributed by atoms with Crippen molar-refractivity contribution < 1.29 is 0 Å². The van der Waals surface area contributed by atoms with E-state index in [9.17, 15) is 0 Å². The average Bonchev–Trinajstić information content (AvgIpc) is 2.31. The number of terminal acetylenes is 1. The quantitative estimate of drug-likeness (QED) is 0.551. The van der Waals surface area contributed by atoms with Crippen molar-refractivity contribution in [1.29, 1.82) is 0 Å². The van der Waals surface area contributed by atoms with Gasteiger partial charge in [0, 0.05) is 26.1 Å². The number of nitrogens with zero attached hydrogens (tertiary/aromatic N) is 2. The van der Waals surface area contributed by atoms with Gasteiger partial charge in [0.2, 0.25) is 0 Å². The van der Waals surface area contributed by atoms with Crippen LogP contribution in [0.3, 0.4) is 0 Å². The van der Waals surface area contributed by atoms with E-state index >= 15 is 0 Å². The third-order valence-corrected chi connectivity index (χ3v) is 1.29. The molecule has 0 N–H and O–H groups in total. The van der Waals surface area contributed by atoms with E-state index in [1.807, 2.05) is 19.3 Å². The molecule has 0 spiro atoms. The lowest BCUT2D eigenvalue weighted by molar-refractivity contribution is 0.741. The minimum atomic E-state index is 0.775. The van der Waals surface area contributed by atoms with Crippen molar-refractivity contribution in [3.05, 3.63) is 18.0 Å². The smallest absolute Gasteiger partial charge is 0.0633 e. The van der Waals surface area contributed by atoms with Crippen LogP contribution in [0.15, 0.2) is 12.3 Å². The van der Waals surface area contributed by atoms with Crippen molar-refractivity contribution in [3.8, 4) is 12.3 Å². The molecule has 0 bridgehead atoms. The average molecular weight is 134 g/mol. The summed E-state index contributed by atoms with van der Waals surface area (Å²) in [5, 5.41) is 4.17. The van der Waals surface area contributed by atoms with Crippen LogP contribution in [0.5, 0.6) is 0 Å². The van der Waals surface area contributed by atoms with E-state index in [4.69, 9.17) is 6.42 Å². The van der Waals surface area contributed by atoms with Crippen LogP contribution in [0.1, 0.15) is 12.1 Å². The normalized spacial score (nSPS) is 9.20. The Morgan fingerprint density at radius 2 is 2.60 bits per heavy atom. The monoisotopic (exact) mass is 134 g/mol. The second-order valence-corrected chi connectivity index (χ2v) is 2.18. The fourth-order valence-electron chi connectivity index (χ4n) is 0.797. The molecule has 0 atom stereocenters. The standard InChI is InChI=1S/C8H10N2/c1-3-4-5-8-6-7-10(2)9-8/h1,6-7H,4-5H2,2H3. The molecule has 0 saturated carbocycles. The molecule has 0 aliphatic rings. The Morgan fingerprint density at radius 3 is 3.10 bits per heavy atom. The van der Waals surface area contributed by atoms with Crippen LogP contribution in [-0.2, 0) is 13.5 Å². The van der Waals surface area contributed by atoms with E-state index in [-0.39, 0.29) is 0 Å². The molecule has 0 aliphatic carbocycles. The van der Waals surface area contributed by atoms with Crippen LogP contribution in [-0.4, -0.2) is 9.78 Å². The number of rotatable bonds is 2. The molecule has 1 heterocycles. The van der Waals surface area contributed by atoms with E-state index in [0.29, 0.717) is 0 Å². The van der Waals surface area contributed by atoms with Gasteiger partial charge in [-0.1, -0.05) is 0 Å². The van der Waals surface area contributed by atoms with Crippen LogP contribution < -0.4 is 0 Å². The molecule has 0 amide bonds. The minimum Gasteiger partial charge on any atom is -0.276 e. The molecular formula is C8H10N2. The first-order valence-corrected chi connectivity index (χ1v) is 3.25. The fourth-order valence-corrected chi connectivity index (χ4v) is 0.797. The van der Waals surface area contributed by atoms with Gasteiger partial charge in [0.15, 0.2) is 0 Å². The zero-order valence-corrected chi connectivity index (χ0v) is 6.04. The van der Waals surface area contributed by atoms with Gasteiger partial charge >= 0.3 is 0 Å². The molecule has 1 aromatic rings. The van der Waals surface area contributed by atoms with Crippen molar-refractivity contribution in [2.75, 3.05) is 0 Å². The second kappa shape index (κ2) is 3.07. The molecule has 52 valence electrons. The van der Waals surface area contributed by atoms with Crippen LogP contribution >= 0.6 is 0 Å². The summed E-state index contributed by atoms with van der Waals surface area (Å²) in [6.07, 6.45) is 8.68. The molecular weight excluding hydrogens is 124 g/mol. The zero-order valence-electron chi connectivity index (χ0n) is 6.04. The Bertz CT molecular complexity index is 242. The first kappa shape index (κ1) is 6.88. The minimum absolute atomic E-state index is 0.775. The molecule has 2 heteroatoms. The van der Waals surface area contributed by atoms with Crippen LogP contribution in [0, 0.1) is 12.3 Å². The Hall–Kier alpha value is -1.23. The van der Waals surface area contributed by atoms with Gasteiger partial charge in [-0.25, -0.2) is 0 Å². The van der Waals surface area contributed by atoms with Gasteiger partial charge in [-0.3, -0.25) is 4.68 Å². The largest absolute Gasteiger partial charge is 0.276 e. The first-order chi connectivity index (χ1) is 4.83. The summed E-state index contributed by atoms with van der Waals surface area (Å²) in [5.74, 6) is 2.58. The predicted molar refractivity (Wildman–Crippen MR) is 40.4 cm³/mol. The number of aromatic nitrogens is 2. The maximum Gasteiger partial charge on any atom is 0.0633 e. The van der Waals surface area contributed by atoms with Gasteiger partial charge in [-0.2, -0.15) is 5.10 Å². The maximum absolute atomic E-state index is 5.10. The van der Waals surface area contributed by atoms with Crippen LogP contribution in [0.4, 0.5) is 0 Å². The third-order valence-electron chi connectivity index (χ3n) is 1.29.